The molecule has 0 radical (unpaired) electrons. The highest BCUT2D eigenvalue weighted by molar-refractivity contribution is 6.30. The molecule has 3 heterocycles. The lowest BCUT2D eigenvalue weighted by molar-refractivity contribution is 0.00657. The van der Waals surface area contributed by atoms with Gasteiger partial charge in [-0.05, 0) is 44.3 Å². The lowest BCUT2D eigenvalue weighted by Gasteiger charge is -2.38. The molecule has 1 aromatic heterocycles. The van der Waals surface area contributed by atoms with Crippen LogP contribution in [0.25, 0.3) is 17.8 Å². The van der Waals surface area contributed by atoms with Gasteiger partial charge < -0.3 is 14.5 Å². The van der Waals surface area contributed by atoms with Crippen LogP contribution >= 0.6 is 11.6 Å². The van der Waals surface area contributed by atoms with E-state index in [0.29, 0.717) is 6.61 Å². The summed E-state index contributed by atoms with van der Waals surface area (Å²) >= 11 is 6.10. The summed E-state index contributed by atoms with van der Waals surface area (Å²) in [5.74, 6) is 0.981. The average molecular weight is 442 g/mol. The van der Waals surface area contributed by atoms with Crippen molar-refractivity contribution in [2.24, 2.45) is 0 Å². The SMILES string of the molecule is C=C/C=c1/c(N2CCOC(CN3CCN(C)CC3)C2)nn(-c2ccc(Cl)cc2)/c1=C/C. The molecule has 2 aliphatic rings. The Hall–Kier alpha value is -2.12. The Bertz CT molecular complexity index is 1010. The molecular formula is C24H32ClN5O. The van der Waals surface area contributed by atoms with E-state index in [4.69, 9.17) is 21.4 Å². The number of morpholine rings is 1. The van der Waals surface area contributed by atoms with Crippen molar-refractivity contribution in [3.8, 4) is 5.69 Å². The fourth-order valence-electron chi connectivity index (χ4n) is 4.34. The minimum Gasteiger partial charge on any atom is -0.373 e. The molecule has 6 nitrogen and oxygen atoms in total. The molecular weight excluding hydrogens is 410 g/mol. The van der Waals surface area contributed by atoms with Crippen molar-refractivity contribution in [3.05, 3.63) is 52.5 Å². The first-order valence-electron chi connectivity index (χ1n) is 11.0. The Morgan fingerprint density at radius 3 is 2.58 bits per heavy atom. The van der Waals surface area contributed by atoms with Crippen LogP contribution in [-0.4, -0.2) is 85.2 Å². The number of rotatable bonds is 5. The van der Waals surface area contributed by atoms with E-state index < -0.39 is 0 Å². The van der Waals surface area contributed by atoms with Crippen molar-refractivity contribution in [3.63, 3.8) is 0 Å². The van der Waals surface area contributed by atoms with Gasteiger partial charge in [-0.3, -0.25) is 4.90 Å². The predicted molar refractivity (Wildman–Crippen MR) is 129 cm³/mol. The summed E-state index contributed by atoms with van der Waals surface area (Å²) in [6, 6.07) is 7.80. The van der Waals surface area contributed by atoms with Crippen molar-refractivity contribution >= 4 is 29.6 Å². The number of ether oxygens (including phenoxy) is 1. The lowest BCUT2D eigenvalue weighted by atomic mass is 10.2. The predicted octanol–water partition coefficient (Wildman–Crippen LogP) is 1.75. The number of benzene rings is 1. The molecule has 0 aliphatic carbocycles. The summed E-state index contributed by atoms with van der Waals surface area (Å²) in [7, 11) is 2.19. The molecule has 31 heavy (non-hydrogen) atoms. The van der Waals surface area contributed by atoms with Crippen molar-refractivity contribution in [1.29, 1.82) is 0 Å². The second kappa shape index (κ2) is 10.0. The molecule has 2 fully saturated rings. The lowest BCUT2D eigenvalue weighted by Crippen LogP contribution is -2.52. The van der Waals surface area contributed by atoms with Gasteiger partial charge in [0.1, 0.15) is 0 Å². The van der Waals surface area contributed by atoms with E-state index in [2.05, 4.69) is 40.5 Å². The van der Waals surface area contributed by atoms with Crippen LogP contribution in [0, 0.1) is 0 Å². The molecule has 0 amide bonds. The van der Waals surface area contributed by atoms with Crippen LogP contribution in [0.1, 0.15) is 6.92 Å². The molecule has 2 aromatic rings. The highest BCUT2D eigenvalue weighted by atomic mass is 35.5. The van der Waals surface area contributed by atoms with E-state index in [1.54, 1.807) is 0 Å². The standard InChI is InChI=1S/C24H32ClN5O/c1-4-6-22-23(5-2)30(20-9-7-19(25)8-10-20)26-24(22)29-15-16-31-21(18-29)17-28-13-11-27(3)12-14-28/h4-10,21H,1,11-18H2,2-3H3/b22-6+,23-5+. The molecule has 0 spiro atoms. The number of hydrogen-bond donors (Lipinski definition) is 0. The molecule has 0 saturated carbocycles. The summed E-state index contributed by atoms with van der Waals surface area (Å²) in [5, 5.41) is 7.89. The van der Waals surface area contributed by atoms with Gasteiger partial charge in [0.2, 0.25) is 0 Å². The summed E-state index contributed by atoms with van der Waals surface area (Å²) in [5.41, 5.74) is 0.990. The highest BCUT2D eigenvalue weighted by Crippen LogP contribution is 2.16. The fraction of sp³-hybridized carbons (Fsp3) is 0.458. The van der Waals surface area contributed by atoms with Crippen LogP contribution in [0.2, 0.25) is 5.02 Å². The quantitative estimate of drug-likeness (QED) is 0.706. The molecule has 1 unspecified atom stereocenters. The molecule has 166 valence electrons. The van der Waals surface area contributed by atoms with Gasteiger partial charge in [0, 0.05) is 56.1 Å². The van der Waals surface area contributed by atoms with Crippen LogP contribution in [0.4, 0.5) is 5.82 Å². The minimum atomic E-state index is 0.184. The van der Waals surface area contributed by atoms with E-state index in [1.165, 1.54) is 0 Å². The van der Waals surface area contributed by atoms with Crippen molar-refractivity contribution < 1.29 is 4.74 Å². The Labute approximate surface area is 189 Å². The third-order valence-electron chi connectivity index (χ3n) is 6.06. The molecule has 2 aliphatic heterocycles. The van der Waals surface area contributed by atoms with Gasteiger partial charge in [0.25, 0.3) is 0 Å². The van der Waals surface area contributed by atoms with Crippen LogP contribution in [-0.2, 0) is 4.74 Å². The molecule has 0 N–H and O–H groups in total. The maximum atomic E-state index is 6.14. The number of hydrogen-bond acceptors (Lipinski definition) is 5. The molecule has 4 rings (SSSR count). The zero-order valence-electron chi connectivity index (χ0n) is 18.5. The van der Waals surface area contributed by atoms with Crippen LogP contribution in [0.5, 0.6) is 0 Å². The number of allylic oxidation sites excluding steroid dienone is 1. The normalized spacial score (nSPS) is 22.3. The first kappa shape index (κ1) is 22.1. The fourth-order valence-corrected chi connectivity index (χ4v) is 4.47. The number of nitrogens with zero attached hydrogens (tertiary/aromatic N) is 5. The second-order valence-electron chi connectivity index (χ2n) is 8.24. The zero-order valence-corrected chi connectivity index (χ0v) is 19.3. The highest BCUT2D eigenvalue weighted by Gasteiger charge is 2.26. The van der Waals surface area contributed by atoms with Gasteiger partial charge in [0.15, 0.2) is 5.82 Å². The molecule has 0 bridgehead atoms. The number of piperazine rings is 1. The van der Waals surface area contributed by atoms with Crippen LogP contribution < -0.4 is 15.5 Å². The number of aromatic nitrogens is 2. The topological polar surface area (TPSA) is 36.8 Å². The number of halogens is 1. The van der Waals surface area contributed by atoms with Gasteiger partial charge in [-0.1, -0.05) is 30.3 Å². The van der Waals surface area contributed by atoms with Crippen molar-refractivity contribution in [2.75, 3.05) is 64.4 Å². The van der Waals surface area contributed by atoms with Crippen molar-refractivity contribution in [2.45, 2.75) is 13.0 Å². The van der Waals surface area contributed by atoms with E-state index in [9.17, 15) is 0 Å². The van der Waals surface area contributed by atoms with E-state index in [-0.39, 0.29) is 6.10 Å². The molecule has 7 heteroatoms. The largest absolute Gasteiger partial charge is 0.373 e. The monoisotopic (exact) mass is 441 g/mol. The summed E-state index contributed by atoms with van der Waals surface area (Å²) in [6.45, 7) is 13.8. The van der Waals surface area contributed by atoms with Gasteiger partial charge in [-0.2, -0.15) is 0 Å². The minimum absolute atomic E-state index is 0.184. The first-order chi connectivity index (χ1) is 15.1. The summed E-state index contributed by atoms with van der Waals surface area (Å²) in [4.78, 5) is 7.26. The Kier molecular flexibility index (Phi) is 7.13. The zero-order chi connectivity index (χ0) is 21.8. The Balaban J connectivity index is 1.61. The third-order valence-corrected chi connectivity index (χ3v) is 6.32. The second-order valence-corrected chi connectivity index (χ2v) is 8.68. The summed E-state index contributed by atoms with van der Waals surface area (Å²) < 4.78 is 8.13. The van der Waals surface area contributed by atoms with Gasteiger partial charge >= 0.3 is 0 Å². The average Bonchev–Trinajstić information content (AvgIpc) is 3.15. The summed E-state index contributed by atoms with van der Waals surface area (Å²) in [6.07, 6.45) is 6.17. The molecule has 2 saturated heterocycles. The molecule has 1 aromatic carbocycles. The first-order valence-corrected chi connectivity index (χ1v) is 11.4. The van der Waals surface area contributed by atoms with Gasteiger partial charge in [-0.25, -0.2) is 4.68 Å². The third kappa shape index (κ3) is 5.04. The Morgan fingerprint density at radius 2 is 1.90 bits per heavy atom. The van der Waals surface area contributed by atoms with Gasteiger partial charge in [0.05, 0.1) is 23.7 Å². The number of likely N-dealkylation sites (N-methyl/N-ethyl adjacent to an activating group) is 1. The van der Waals surface area contributed by atoms with Crippen LogP contribution in [0.3, 0.4) is 0 Å². The maximum absolute atomic E-state index is 6.14. The smallest absolute Gasteiger partial charge is 0.159 e. The van der Waals surface area contributed by atoms with E-state index in [0.717, 1.165) is 72.9 Å². The van der Waals surface area contributed by atoms with Crippen molar-refractivity contribution in [1.82, 2.24) is 19.6 Å². The van der Waals surface area contributed by atoms with Gasteiger partial charge in [-0.15, -0.1) is 5.10 Å². The van der Waals surface area contributed by atoms with E-state index >= 15 is 0 Å². The van der Waals surface area contributed by atoms with Crippen LogP contribution in [0.15, 0.2) is 36.9 Å². The number of anilines is 1. The molecule has 1 atom stereocenters. The maximum Gasteiger partial charge on any atom is 0.159 e. The Morgan fingerprint density at radius 1 is 1.16 bits per heavy atom. The van der Waals surface area contributed by atoms with E-state index in [1.807, 2.05) is 41.9 Å².